The van der Waals surface area contributed by atoms with Crippen molar-refractivity contribution in [3.05, 3.63) is 53.6 Å². The number of rotatable bonds is 8. The van der Waals surface area contributed by atoms with E-state index in [9.17, 15) is 9.59 Å². The minimum absolute atomic E-state index is 0.0217. The summed E-state index contributed by atoms with van der Waals surface area (Å²) in [6.45, 7) is 21.1. The Morgan fingerprint density at radius 1 is 0.958 bits per heavy atom. The first-order chi connectivity index (χ1) is 22.6. The van der Waals surface area contributed by atoms with E-state index >= 15 is 0 Å². The maximum atomic E-state index is 14.3. The van der Waals surface area contributed by atoms with Crippen molar-refractivity contribution >= 4 is 25.4 Å². The minimum atomic E-state index is -0.287. The largest absolute Gasteiger partial charge is 0.465 e. The fourth-order valence-corrected chi connectivity index (χ4v) is 13.2. The molecule has 0 bridgehead atoms. The van der Waals surface area contributed by atoms with Crippen molar-refractivity contribution in [1.82, 2.24) is 10.1 Å². The number of nitrogens with one attached hydrogen (secondary N) is 1. The van der Waals surface area contributed by atoms with Crippen LogP contribution in [0.5, 0.6) is 0 Å². The van der Waals surface area contributed by atoms with Crippen molar-refractivity contribution in [3.8, 4) is 0 Å². The van der Waals surface area contributed by atoms with Crippen LogP contribution >= 0.6 is 0 Å². The summed E-state index contributed by atoms with van der Waals surface area (Å²) in [5.41, 5.74) is 4.90. The van der Waals surface area contributed by atoms with Crippen molar-refractivity contribution in [1.29, 1.82) is 0 Å². The lowest BCUT2D eigenvalue weighted by molar-refractivity contribution is -0.225. The molecule has 5 nitrogen and oxygen atoms in total. The Balaban J connectivity index is 1.30. The highest BCUT2D eigenvalue weighted by atomic mass is 16.5. The van der Waals surface area contributed by atoms with Gasteiger partial charge in [0, 0.05) is 6.54 Å². The van der Waals surface area contributed by atoms with Gasteiger partial charge in [-0.25, -0.2) is 4.79 Å². The first-order valence-corrected chi connectivity index (χ1v) is 18.9. The molecule has 0 aromatic heterocycles. The molecule has 4 fully saturated rings. The standard InChI is InChI=1S/C42H61BN2O3/c1-27(2)30-17-22-42(37(47)44-25-10-26-45(8)43)24-23-40(6)32(35(30)42)15-16-34-39(5)20-18-31(28-11-13-29(14-12-28)36(46)48-9)38(3,4)33(39)19-21-41(34,40)7/h11-14,18,30,32-35H,1,10,15-17,19-26H2,2-9H3,(H,44,47)/t30-,32+,33-,34+,35+,39-,40+,41+,42-/m0/s1. The van der Waals surface area contributed by atoms with Gasteiger partial charge in [0.1, 0.15) is 0 Å². The van der Waals surface area contributed by atoms with Gasteiger partial charge in [0.15, 0.2) is 7.98 Å². The quantitative estimate of drug-likeness (QED) is 0.132. The lowest BCUT2D eigenvalue weighted by atomic mass is 9.32. The number of fused-ring (bicyclic) bond motifs is 7. The van der Waals surface area contributed by atoms with E-state index in [1.54, 1.807) is 4.81 Å². The van der Waals surface area contributed by atoms with E-state index in [1.165, 1.54) is 49.5 Å². The molecule has 2 radical (unpaired) electrons. The molecule has 1 N–H and O–H groups in total. The summed E-state index contributed by atoms with van der Waals surface area (Å²) in [5.74, 6) is 2.57. The number of benzene rings is 1. The van der Waals surface area contributed by atoms with Crippen molar-refractivity contribution in [2.75, 3.05) is 27.2 Å². The number of hydrogen-bond acceptors (Lipinski definition) is 4. The van der Waals surface area contributed by atoms with E-state index in [2.05, 4.69) is 71.6 Å². The monoisotopic (exact) mass is 652 g/mol. The van der Waals surface area contributed by atoms with Crippen molar-refractivity contribution < 1.29 is 14.3 Å². The topological polar surface area (TPSA) is 58.6 Å². The molecule has 5 aliphatic carbocycles. The van der Waals surface area contributed by atoms with Crippen molar-refractivity contribution in [2.24, 2.45) is 56.7 Å². The van der Waals surface area contributed by atoms with Crippen LogP contribution < -0.4 is 5.32 Å². The Labute approximate surface area is 292 Å². The second kappa shape index (κ2) is 12.5. The Hall–Kier alpha value is -2.34. The molecule has 0 spiro atoms. The van der Waals surface area contributed by atoms with Crippen LogP contribution in [0.2, 0.25) is 0 Å². The predicted octanol–water partition coefficient (Wildman–Crippen LogP) is 8.65. The smallest absolute Gasteiger partial charge is 0.337 e. The molecular formula is C42H61BN2O3. The van der Waals surface area contributed by atoms with Gasteiger partial charge in [-0.05, 0) is 159 Å². The Bertz CT molecular complexity index is 1470. The molecule has 260 valence electrons. The third-order valence-electron chi connectivity index (χ3n) is 15.7. The third kappa shape index (κ3) is 5.20. The number of esters is 1. The zero-order valence-corrected chi connectivity index (χ0v) is 31.2. The van der Waals surface area contributed by atoms with Gasteiger partial charge >= 0.3 is 5.97 Å². The second-order valence-corrected chi connectivity index (χ2v) is 18.0. The van der Waals surface area contributed by atoms with Crippen molar-refractivity contribution in [2.45, 2.75) is 106 Å². The van der Waals surface area contributed by atoms with Crippen LogP contribution in [0.25, 0.3) is 5.57 Å². The maximum Gasteiger partial charge on any atom is 0.337 e. The molecular weight excluding hydrogens is 591 g/mol. The molecule has 48 heavy (non-hydrogen) atoms. The highest BCUT2D eigenvalue weighted by Gasteiger charge is 2.71. The lowest BCUT2D eigenvalue weighted by Gasteiger charge is -2.72. The van der Waals surface area contributed by atoms with Crippen LogP contribution in [-0.4, -0.2) is 51.9 Å². The number of amides is 1. The molecule has 1 aromatic rings. The Morgan fingerprint density at radius 3 is 2.31 bits per heavy atom. The molecule has 0 heterocycles. The van der Waals surface area contributed by atoms with Crippen LogP contribution in [0.3, 0.4) is 0 Å². The molecule has 1 amide bonds. The number of carbonyl (C=O) groups excluding carboxylic acids is 2. The lowest BCUT2D eigenvalue weighted by Crippen LogP contribution is -2.66. The van der Waals surface area contributed by atoms with E-state index in [4.69, 9.17) is 12.7 Å². The molecule has 9 atom stereocenters. The fourth-order valence-electron chi connectivity index (χ4n) is 13.2. The SMILES string of the molecule is [B]N(C)CCCNC(=O)[C@]12CC[C@@H](C(=C)C)[C@@H]1[C@H]1CC[C@@H]3[C@@]4(C)CC=C(c5ccc(C(=O)OC)cc5)C(C)(C)[C@@H]4CC[C@@]3(C)[C@]1(C)CC2. The molecule has 6 rings (SSSR count). The number of methoxy groups -OCH3 is 1. The predicted molar refractivity (Wildman–Crippen MR) is 196 cm³/mol. The van der Waals surface area contributed by atoms with Crippen LogP contribution in [0.15, 0.2) is 42.5 Å². The van der Waals surface area contributed by atoms with E-state index in [0.717, 1.165) is 45.1 Å². The molecule has 0 saturated heterocycles. The third-order valence-corrected chi connectivity index (χ3v) is 15.7. The summed E-state index contributed by atoms with van der Waals surface area (Å²) in [7, 11) is 9.17. The zero-order chi connectivity index (χ0) is 34.9. The Morgan fingerprint density at radius 2 is 1.67 bits per heavy atom. The van der Waals surface area contributed by atoms with E-state index in [1.807, 2.05) is 19.2 Å². The zero-order valence-electron chi connectivity index (χ0n) is 31.2. The highest BCUT2D eigenvalue weighted by Crippen LogP contribution is 2.77. The molecule has 4 saturated carbocycles. The second-order valence-electron chi connectivity index (χ2n) is 18.0. The normalized spacial score (nSPS) is 39.7. The molecule has 5 aliphatic rings. The molecule has 6 heteroatoms. The first-order valence-electron chi connectivity index (χ1n) is 18.9. The summed E-state index contributed by atoms with van der Waals surface area (Å²) >= 11 is 0. The van der Waals surface area contributed by atoms with Gasteiger partial charge in [0.05, 0.1) is 18.1 Å². The van der Waals surface area contributed by atoms with Crippen LogP contribution in [0.1, 0.15) is 122 Å². The molecule has 0 aliphatic heterocycles. The summed E-state index contributed by atoms with van der Waals surface area (Å²) in [6.07, 6.45) is 13.7. The van der Waals surface area contributed by atoms with Crippen molar-refractivity contribution in [3.63, 3.8) is 0 Å². The average molecular weight is 653 g/mol. The number of carbonyl (C=O) groups is 2. The summed E-state index contributed by atoms with van der Waals surface area (Å²) in [5, 5.41) is 3.40. The molecule has 0 unspecified atom stereocenters. The number of allylic oxidation sites excluding steroid dienone is 3. The number of nitrogens with zero attached hydrogens (tertiary/aromatic N) is 1. The van der Waals surface area contributed by atoms with Gasteiger partial charge in [-0.2, -0.15) is 0 Å². The fraction of sp³-hybridized carbons (Fsp3) is 0.714. The maximum absolute atomic E-state index is 14.3. The summed E-state index contributed by atoms with van der Waals surface area (Å²) in [6, 6.07) is 8.05. The number of ether oxygens (including phenoxy) is 1. The van der Waals surface area contributed by atoms with Gasteiger partial charge in [-0.15, -0.1) is 0 Å². The van der Waals surface area contributed by atoms with E-state index < -0.39 is 0 Å². The van der Waals surface area contributed by atoms with Crippen LogP contribution in [0, 0.1) is 56.7 Å². The van der Waals surface area contributed by atoms with Crippen LogP contribution in [0.4, 0.5) is 0 Å². The summed E-state index contributed by atoms with van der Waals surface area (Å²) < 4.78 is 4.95. The van der Waals surface area contributed by atoms with Gasteiger partial charge in [0.2, 0.25) is 5.91 Å². The number of hydrogen-bond donors (Lipinski definition) is 1. The minimum Gasteiger partial charge on any atom is -0.465 e. The first kappa shape index (κ1) is 35.5. The highest BCUT2D eigenvalue weighted by molar-refractivity contribution is 6.04. The van der Waals surface area contributed by atoms with Gasteiger partial charge in [-0.1, -0.05) is 65.0 Å². The summed E-state index contributed by atoms with van der Waals surface area (Å²) in [4.78, 5) is 28.1. The van der Waals surface area contributed by atoms with Gasteiger partial charge in [0.25, 0.3) is 0 Å². The van der Waals surface area contributed by atoms with E-state index in [-0.39, 0.29) is 33.0 Å². The van der Waals surface area contributed by atoms with Gasteiger partial charge < -0.3 is 14.9 Å². The van der Waals surface area contributed by atoms with Gasteiger partial charge in [-0.3, -0.25) is 4.79 Å². The van der Waals surface area contributed by atoms with Crippen LogP contribution in [-0.2, 0) is 9.53 Å². The Kier molecular flexibility index (Phi) is 9.21. The van der Waals surface area contributed by atoms with E-state index in [0.29, 0.717) is 47.6 Å². The average Bonchev–Trinajstić information content (AvgIpc) is 3.44. The molecule has 1 aromatic carbocycles.